The van der Waals surface area contributed by atoms with Crippen molar-refractivity contribution in [2.24, 2.45) is 11.8 Å². The number of rotatable bonds is 3. The molecule has 0 radical (unpaired) electrons. The lowest BCUT2D eigenvalue weighted by molar-refractivity contribution is -0.184. The lowest BCUT2D eigenvalue weighted by Crippen LogP contribution is -2.30. The Morgan fingerprint density at radius 1 is 1.33 bits per heavy atom. The van der Waals surface area contributed by atoms with Crippen molar-refractivity contribution in [3.8, 4) is 0 Å². The summed E-state index contributed by atoms with van der Waals surface area (Å²) in [5.74, 6) is -1.37. The Balaban J connectivity index is 1.84. The summed E-state index contributed by atoms with van der Waals surface area (Å²) >= 11 is 1.41. The number of alkyl halides is 3. The van der Waals surface area contributed by atoms with Gasteiger partial charge < -0.3 is 0 Å². The summed E-state index contributed by atoms with van der Waals surface area (Å²) in [6.07, 6.45) is -1.25. The number of nitrogens with zero attached hydrogens (tertiary/aromatic N) is 1. The molecular formula is C12H14F3NOS. The topological polar surface area (TPSA) is 30.0 Å². The van der Waals surface area contributed by atoms with Crippen molar-refractivity contribution in [3.05, 3.63) is 16.6 Å². The van der Waals surface area contributed by atoms with E-state index in [1.165, 1.54) is 11.3 Å². The highest BCUT2D eigenvalue weighted by molar-refractivity contribution is 7.09. The molecule has 0 N–H and O–H groups in total. The number of aromatic nitrogens is 1. The Morgan fingerprint density at radius 2 is 2.00 bits per heavy atom. The number of ketones is 1. The zero-order valence-electron chi connectivity index (χ0n) is 9.74. The van der Waals surface area contributed by atoms with Crippen LogP contribution in [-0.2, 0) is 11.2 Å². The van der Waals surface area contributed by atoms with Crippen LogP contribution in [0.5, 0.6) is 0 Å². The molecule has 1 aliphatic carbocycles. The summed E-state index contributed by atoms with van der Waals surface area (Å²) in [4.78, 5) is 16.7. The lowest BCUT2D eigenvalue weighted by Gasteiger charge is -2.28. The smallest absolute Gasteiger partial charge is 0.299 e. The molecule has 6 heteroatoms. The van der Waals surface area contributed by atoms with E-state index in [1.807, 2.05) is 0 Å². The summed E-state index contributed by atoms with van der Waals surface area (Å²) in [5.41, 5.74) is 1.66. The normalized spacial score (nSPS) is 25.1. The van der Waals surface area contributed by atoms with Crippen LogP contribution in [0.2, 0.25) is 0 Å². The van der Waals surface area contributed by atoms with Gasteiger partial charge in [0.25, 0.3) is 0 Å². The van der Waals surface area contributed by atoms with Crippen LogP contribution in [0.15, 0.2) is 11.7 Å². The SMILES string of the molecule is O=C(Cc1cncs1)C1CCC(C(F)(F)F)CC1. The van der Waals surface area contributed by atoms with Gasteiger partial charge in [0.15, 0.2) is 0 Å². The zero-order chi connectivity index (χ0) is 13.2. The van der Waals surface area contributed by atoms with Gasteiger partial charge in [0, 0.05) is 23.4 Å². The van der Waals surface area contributed by atoms with Gasteiger partial charge in [-0.05, 0) is 25.7 Å². The van der Waals surface area contributed by atoms with Gasteiger partial charge in [-0.3, -0.25) is 9.78 Å². The van der Waals surface area contributed by atoms with E-state index in [2.05, 4.69) is 4.98 Å². The van der Waals surface area contributed by atoms with Gasteiger partial charge in [0.1, 0.15) is 5.78 Å². The molecule has 0 atom stereocenters. The maximum Gasteiger partial charge on any atom is 0.391 e. The molecule has 0 aliphatic heterocycles. The fourth-order valence-corrected chi connectivity index (χ4v) is 2.99. The maximum atomic E-state index is 12.5. The standard InChI is InChI=1S/C12H14F3NOS/c13-12(14,15)9-3-1-8(2-4-9)11(17)5-10-6-16-7-18-10/h6-9H,1-5H2. The van der Waals surface area contributed by atoms with Gasteiger partial charge in [-0.2, -0.15) is 13.2 Å². The second kappa shape index (κ2) is 5.38. The number of hydrogen-bond acceptors (Lipinski definition) is 3. The van der Waals surface area contributed by atoms with Crippen LogP contribution < -0.4 is 0 Å². The molecule has 2 nitrogen and oxygen atoms in total. The Hall–Kier alpha value is -0.910. The van der Waals surface area contributed by atoms with E-state index in [1.54, 1.807) is 11.7 Å². The number of halogens is 3. The second-order valence-corrected chi connectivity index (χ2v) is 5.67. The highest BCUT2D eigenvalue weighted by Gasteiger charge is 2.42. The molecule has 1 heterocycles. The molecule has 1 fully saturated rings. The summed E-state index contributed by atoms with van der Waals surface area (Å²) in [6, 6.07) is 0. The highest BCUT2D eigenvalue weighted by atomic mass is 32.1. The Bertz CT molecular complexity index is 394. The Labute approximate surface area is 107 Å². The second-order valence-electron chi connectivity index (χ2n) is 4.70. The van der Waals surface area contributed by atoms with E-state index in [0.717, 1.165) is 4.88 Å². The van der Waals surface area contributed by atoms with Crippen molar-refractivity contribution >= 4 is 17.1 Å². The molecule has 0 saturated heterocycles. The van der Waals surface area contributed by atoms with Crippen LogP contribution in [0.1, 0.15) is 30.6 Å². The Morgan fingerprint density at radius 3 is 2.50 bits per heavy atom. The van der Waals surface area contributed by atoms with Crippen LogP contribution in [-0.4, -0.2) is 16.9 Å². The van der Waals surface area contributed by atoms with E-state index < -0.39 is 12.1 Å². The van der Waals surface area contributed by atoms with Crippen LogP contribution in [0.4, 0.5) is 13.2 Å². The minimum Gasteiger partial charge on any atom is -0.299 e. The summed E-state index contributed by atoms with van der Waals surface area (Å²) in [6.45, 7) is 0. The van der Waals surface area contributed by atoms with E-state index in [4.69, 9.17) is 0 Å². The van der Waals surface area contributed by atoms with Crippen molar-refractivity contribution in [2.75, 3.05) is 0 Å². The molecule has 0 unspecified atom stereocenters. The van der Waals surface area contributed by atoms with Gasteiger partial charge >= 0.3 is 6.18 Å². The molecule has 1 aliphatic rings. The zero-order valence-corrected chi connectivity index (χ0v) is 10.6. The highest BCUT2D eigenvalue weighted by Crippen LogP contribution is 2.39. The van der Waals surface area contributed by atoms with E-state index in [0.29, 0.717) is 19.3 Å². The van der Waals surface area contributed by atoms with Gasteiger partial charge in [-0.25, -0.2) is 0 Å². The first-order chi connectivity index (χ1) is 8.47. The third-order valence-electron chi connectivity index (χ3n) is 3.48. The molecule has 1 aromatic rings. The van der Waals surface area contributed by atoms with Crippen LogP contribution in [0.25, 0.3) is 0 Å². The van der Waals surface area contributed by atoms with Crippen molar-refractivity contribution in [2.45, 2.75) is 38.3 Å². The molecule has 0 amide bonds. The fourth-order valence-electron chi connectivity index (χ4n) is 2.39. The first-order valence-corrected chi connectivity index (χ1v) is 6.81. The minimum absolute atomic E-state index is 0.0554. The monoisotopic (exact) mass is 277 g/mol. The first-order valence-electron chi connectivity index (χ1n) is 5.93. The van der Waals surface area contributed by atoms with Crippen molar-refractivity contribution in [3.63, 3.8) is 0 Å². The third-order valence-corrected chi connectivity index (χ3v) is 4.26. The van der Waals surface area contributed by atoms with Crippen LogP contribution in [0, 0.1) is 11.8 Å². The third kappa shape index (κ3) is 3.31. The summed E-state index contributed by atoms with van der Waals surface area (Å²) in [5, 5.41) is 0. The molecule has 0 bridgehead atoms. The molecule has 0 spiro atoms. The van der Waals surface area contributed by atoms with E-state index in [-0.39, 0.29) is 24.5 Å². The Kier molecular flexibility index (Phi) is 4.04. The predicted molar refractivity (Wildman–Crippen MR) is 62.3 cm³/mol. The van der Waals surface area contributed by atoms with Gasteiger partial charge in [0.2, 0.25) is 0 Å². The molecule has 2 rings (SSSR count). The van der Waals surface area contributed by atoms with Gasteiger partial charge in [-0.15, -0.1) is 11.3 Å². The van der Waals surface area contributed by atoms with E-state index >= 15 is 0 Å². The molecule has 18 heavy (non-hydrogen) atoms. The molecule has 100 valence electrons. The number of carbonyl (C=O) groups is 1. The summed E-state index contributed by atoms with van der Waals surface area (Å²) < 4.78 is 37.4. The minimum atomic E-state index is -4.11. The molecule has 1 aromatic heterocycles. The molecule has 1 saturated carbocycles. The number of carbonyl (C=O) groups excluding carboxylic acids is 1. The van der Waals surface area contributed by atoms with E-state index in [9.17, 15) is 18.0 Å². The number of thiazole rings is 1. The fraction of sp³-hybridized carbons (Fsp3) is 0.667. The average molecular weight is 277 g/mol. The first kappa shape index (κ1) is 13.5. The van der Waals surface area contributed by atoms with Gasteiger partial charge in [0.05, 0.1) is 11.4 Å². The van der Waals surface area contributed by atoms with Gasteiger partial charge in [-0.1, -0.05) is 0 Å². The van der Waals surface area contributed by atoms with Crippen molar-refractivity contribution < 1.29 is 18.0 Å². The van der Waals surface area contributed by atoms with Crippen LogP contribution >= 0.6 is 11.3 Å². The molecular weight excluding hydrogens is 263 g/mol. The number of hydrogen-bond donors (Lipinski definition) is 0. The lowest BCUT2D eigenvalue weighted by atomic mass is 9.79. The summed E-state index contributed by atoms with van der Waals surface area (Å²) in [7, 11) is 0. The quantitative estimate of drug-likeness (QED) is 0.844. The average Bonchev–Trinajstić information content (AvgIpc) is 2.81. The number of Topliss-reactive ketones (excluding diaryl/α,β-unsaturated/α-hetero) is 1. The van der Waals surface area contributed by atoms with Crippen LogP contribution in [0.3, 0.4) is 0 Å². The largest absolute Gasteiger partial charge is 0.391 e. The predicted octanol–water partition coefficient (Wildman–Crippen LogP) is 3.62. The maximum absolute atomic E-state index is 12.5. The molecule has 0 aromatic carbocycles. The van der Waals surface area contributed by atoms with Crippen molar-refractivity contribution in [1.29, 1.82) is 0 Å². The van der Waals surface area contributed by atoms with Crippen molar-refractivity contribution in [1.82, 2.24) is 4.98 Å².